The second kappa shape index (κ2) is 8.91. The maximum Gasteiger partial charge on any atom is 0.161 e. The summed E-state index contributed by atoms with van der Waals surface area (Å²) in [7, 11) is 3.34. The Bertz CT molecular complexity index is 612. The monoisotopic (exact) mass is 335 g/mol. The highest BCUT2D eigenvalue weighted by Crippen LogP contribution is 2.30. The molecule has 4 nitrogen and oxygen atoms in total. The molecular formula is C18H25NO3S. The zero-order chi connectivity index (χ0) is 16.7. The van der Waals surface area contributed by atoms with Crippen molar-refractivity contribution in [1.82, 2.24) is 0 Å². The van der Waals surface area contributed by atoms with Gasteiger partial charge in [-0.05, 0) is 48.1 Å². The maximum absolute atomic E-state index is 6.32. The number of hydrogen-bond acceptors (Lipinski definition) is 5. The van der Waals surface area contributed by atoms with Crippen molar-refractivity contribution < 1.29 is 14.2 Å². The van der Waals surface area contributed by atoms with Crippen molar-refractivity contribution in [2.75, 3.05) is 27.4 Å². The van der Waals surface area contributed by atoms with Crippen molar-refractivity contribution in [3.63, 3.8) is 0 Å². The van der Waals surface area contributed by atoms with E-state index in [0.717, 1.165) is 29.9 Å². The molecule has 1 heterocycles. The number of thiophene rings is 1. The summed E-state index contributed by atoms with van der Waals surface area (Å²) >= 11 is 1.71. The molecule has 1 aromatic heterocycles. The van der Waals surface area contributed by atoms with Crippen molar-refractivity contribution >= 4 is 11.3 Å². The number of rotatable bonds is 9. The van der Waals surface area contributed by atoms with Crippen LogP contribution in [0.5, 0.6) is 11.5 Å². The van der Waals surface area contributed by atoms with Crippen LogP contribution in [0.3, 0.4) is 0 Å². The summed E-state index contributed by atoms with van der Waals surface area (Å²) in [5.41, 5.74) is 8.73. The van der Waals surface area contributed by atoms with E-state index in [2.05, 4.69) is 18.4 Å². The smallest absolute Gasteiger partial charge is 0.161 e. The average Bonchev–Trinajstić information content (AvgIpc) is 2.98. The SMILES string of the molecule is COCCCOc1cc(CC(N)c2cc(C)cs2)ccc1OC. The van der Waals surface area contributed by atoms with Gasteiger partial charge in [-0.1, -0.05) is 6.07 Å². The van der Waals surface area contributed by atoms with E-state index in [1.54, 1.807) is 25.6 Å². The molecule has 2 N–H and O–H groups in total. The van der Waals surface area contributed by atoms with Gasteiger partial charge in [0.2, 0.25) is 0 Å². The summed E-state index contributed by atoms with van der Waals surface area (Å²) in [4.78, 5) is 1.21. The third-order valence-corrected chi connectivity index (χ3v) is 4.73. The standard InChI is InChI=1S/C18H25NO3S/c1-13-9-18(23-12-13)15(19)10-14-5-6-16(21-3)17(11-14)22-8-4-7-20-2/h5-6,9,11-12,15H,4,7-8,10,19H2,1-3H3. The lowest BCUT2D eigenvalue weighted by Crippen LogP contribution is -2.12. The summed E-state index contributed by atoms with van der Waals surface area (Å²) in [6.45, 7) is 3.38. The molecule has 0 radical (unpaired) electrons. The van der Waals surface area contributed by atoms with Gasteiger partial charge in [-0.2, -0.15) is 0 Å². The van der Waals surface area contributed by atoms with Gasteiger partial charge in [-0.25, -0.2) is 0 Å². The predicted molar refractivity (Wildman–Crippen MR) is 94.7 cm³/mol. The van der Waals surface area contributed by atoms with Gasteiger partial charge in [0.15, 0.2) is 11.5 Å². The quantitative estimate of drug-likeness (QED) is 0.710. The Kier molecular flexibility index (Phi) is 6.89. The highest BCUT2D eigenvalue weighted by Gasteiger charge is 2.12. The molecule has 2 rings (SSSR count). The summed E-state index contributed by atoms with van der Waals surface area (Å²) < 4.78 is 16.2. The Morgan fingerprint density at radius 3 is 2.61 bits per heavy atom. The molecule has 1 aromatic carbocycles. The molecule has 1 atom stereocenters. The first-order chi connectivity index (χ1) is 11.1. The van der Waals surface area contributed by atoms with Crippen LogP contribution in [-0.2, 0) is 11.2 Å². The fraction of sp³-hybridized carbons (Fsp3) is 0.444. The van der Waals surface area contributed by atoms with Crippen LogP contribution in [0.4, 0.5) is 0 Å². The minimum absolute atomic E-state index is 0.00318. The molecule has 0 aliphatic heterocycles. The number of methoxy groups -OCH3 is 2. The minimum atomic E-state index is 0.00318. The summed E-state index contributed by atoms with van der Waals surface area (Å²) in [5.74, 6) is 1.50. The van der Waals surface area contributed by atoms with Crippen molar-refractivity contribution in [2.24, 2.45) is 5.73 Å². The van der Waals surface area contributed by atoms with Crippen LogP contribution < -0.4 is 15.2 Å². The zero-order valence-electron chi connectivity index (χ0n) is 14.0. The average molecular weight is 335 g/mol. The zero-order valence-corrected chi connectivity index (χ0v) is 14.8. The normalized spacial score (nSPS) is 12.2. The van der Waals surface area contributed by atoms with Crippen LogP contribution >= 0.6 is 11.3 Å². The van der Waals surface area contributed by atoms with Gasteiger partial charge in [-0.15, -0.1) is 11.3 Å². The van der Waals surface area contributed by atoms with E-state index in [0.29, 0.717) is 13.2 Å². The Morgan fingerprint density at radius 1 is 1.13 bits per heavy atom. The molecule has 126 valence electrons. The van der Waals surface area contributed by atoms with Crippen LogP contribution in [0.2, 0.25) is 0 Å². The van der Waals surface area contributed by atoms with Crippen LogP contribution in [0, 0.1) is 6.92 Å². The third-order valence-electron chi connectivity index (χ3n) is 3.55. The second-order valence-electron chi connectivity index (χ2n) is 5.52. The van der Waals surface area contributed by atoms with Gasteiger partial charge >= 0.3 is 0 Å². The van der Waals surface area contributed by atoms with Crippen LogP contribution in [0.1, 0.15) is 28.5 Å². The molecule has 0 aliphatic rings. The van der Waals surface area contributed by atoms with Crippen molar-refractivity contribution in [2.45, 2.75) is 25.8 Å². The van der Waals surface area contributed by atoms with Crippen molar-refractivity contribution in [1.29, 1.82) is 0 Å². The molecular weight excluding hydrogens is 310 g/mol. The largest absolute Gasteiger partial charge is 0.493 e. The number of benzene rings is 1. The molecule has 0 bridgehead atoms. The topological polar surface area (TPSA) is 53.7 Å². The molecule has 0 saturated heterocycles. The van der Waals surface area contributed by atoms with Gasteiger partial charge in [0.1, 0.15) is 0 Å². The molecule has 0 aliphatic carbocycles. The summed E-state index contributed by atoms with van der Waals surface area (Å²) in [6.07, 6.45) is 1.62. The fourth-order valence-electron chi connectivity index (χ4n) is 2.35. The summed E-state index contributed by atoms with van der Waals surface area (Å²) in [5, 5.41) is 2.13. The molecule has 1 unspecified atom stereocenters. The molecule has 0 fully saturated rings. The highest BCUT2D eigenvalue weighted by molar-refractivity contribution is 7.10. The Labute approximate surface area is 142 Å². The Hall–Kier alpha value is -1.56. The number of aryl methyl sites for hydroxylation is 1. The van der Waals surface area contributed by atoms with Gasteiger partial charge in [0.25, 0.3) is 0 Å². The fourth-order valence-corrected chi connectivity index (χ4v) is 3.25. The lowest BCUT2D eigenvalue weighted by atomic mass is 10.0. The molecule has 0 saturated carbocycles. The van der Waals surface area contributed by atoms with Crippen molar-refractivity contribution in [3.8, 4) is 11.5 Å². The maximum atomic E-state index is 6.32. The molecule has 5 heteroatoms. The first kappa shape index (κ1) is 17.8. The Morgan fingerprint density at radius 2 is 1.96 bits per heavy atom. The van der Waals surface area contributed by atoms with Gasteiger partial charge in [-0.3, -0.25) is 0 Å². The van der Waals surface area contributed by atoms with E-state index >= 15 is 0 Å². The van der Waals surface area contributed by atoms with Crippen molar-refractivity contribution in [3.05, 3.63) is 45.6 Å². The molecule has 0 amide bonds. The highest BCUT2D eigenvalue weighted by atomic mass is 32.1. The number of ether oxygens (including phenoxy) is 3. The van der Waals surface area contributed by atoms with E-state index in [4.69, 9.17) is 19.9 Å². The van der Waals surface area contributed by atoms with Gasteiger partial charge in [0, 0.05) is 31.1 Å². The molecule has 23 heavy (non-hydrogen) atoms. The van der Waals surface area contributed by atoms with Gasteiger partial charge in [0.05, 0.1) is 13.7 Å². The van der Waals surface area contributed by atoms with E-state index < -0.39 is 0 Å². The minimum Gasteiger partial charge on any atom is -0.493 e. The lowest BCUT2D eigenvalue weighted by molar-refractivity contribution is 0.170. The van der Waals surface area contributed by atoms with Crippen LogP contribution in [-0.4, -0.2) is 27.4 Å². The molecule has 0 spiro atoms. The first-order valence-electron chi connectivity index (χ1n) is 7.73. The van der Waals surface area contributed by atoms with E-state index in [9.17, 15) is 0 Å². The molecule has 2 aromatic rings. The summed E-state index contributed by atoms with van der Waals surface area (Å²) in [6, 6.07) is 8.16. The van der Waals surface area contributed by atoms with E-state index in [-0.39, 0.29) is 6.04 Å². The number of hydrogen-bond donors (Lipinski definition) is 1. The van der Waals surface area contributed by atoms with E-state index in [1.807, 2.05) is 18.2 Å². The van der Waals surface area contributed by atoms with E-state index in [1.165, 1.54) is 10.4 Å². The predicted octanol–water partition coefficient (Wildman–Crippen LogP) is 3.72. The van der Waals surface area contributed by atoms with Crippen LogP contribution in [0.25, 0.3) is 0 Å². The Balaban J connectivity index is 2.04. The second-order valence-corrected chi connectivity index (χ2v) is 6.46. The lowest BCUT2D eigenvalue weighted by Gasteiger charge is -2.14. The van der Waals surface area contributed by atoms with Crippen LogP contribution in [0.15, 0.2) is 29.6 Å². The first-order valence-corrected chi connectivity index (χ1v) is 8.61. The third kappa shape index (κ3) is 5.23. The number of nitrogens with two attached hydrogens (primary N) is 1. The van der Waals surface area contributed by atoms with Gasteiger partial charge < -0.3 is 19.9 Å².